The largest absolute Gasteiger partial charge is 0.394 e. The third kappa shape index (κ3) is 2.81. The summed E-state index contributed by atoms with van der Waals surface area (Å²) in [6, 6.07) is 12.6. The molecule has 1 fully saturated rings. The molecule has 142 valence electrons. The second-order valence-electron chi connectivity index (χ2n) is 7.45. The van der Waals surface area contributed by atoms with Crippen LogP contribution in [0.25, 0.3) is 11.1 Å². The third-order valence-corrected chi connectivity index (χ3v) is 6.16. The maximum atomic E-state index is 14.3. The number of aliphatic hydroxyl groups excluding tert-OH is 1. The lowest BCUT2D eigenvalue weighted by Gasteiger charge is -2.44. The maximum Gasteiger partial charge on any atom is 0.222 e. The van der Waals surface area contributed by atoms with Crippen molar-refractivity contribution in [3.63, 3.8) is 0 Å². The minimum absolute atomic E-state index is 0.0172. The summed E-state index contributed by atoms with van der Waals surface area (Å²) in [6.45, 7) is 2.64. The van der Waals surface area contributed by atoms with Crippen LogP contribution < -0.4 is 4.90 Å². The molecule has 4 rings (SSSR count). The molecule has 0 radical (unpaired) electrons. The van der Waals surface area contributed by atoms with E-state index in [1.54, 1.807) is 12.1 Å². The topological polar surface area (TPSA) is 43.8 Å². The van der Waals surface area contributed by atoms with Gasteiger partial charge in [-0.3, -0.25) is 4.79 Å². The zero-order valence-electron chi connectivity index (χ0n) is 15.7. The number of hydrogen-bond donors (Lipinski definition) is 1. The number of anilines is 1. The van der Waals surface area contributed by atoms with Gasteiger partial charge in [-0.25, -0.2) is 4.39 Å². The molecule has 5 heteroatoms. The average Bonchev–Trinajstić information content (AvgIpc) is 3.13. The molecule has 0 aromatic heterocycles. The van der Waals surface area contributed by atoms with E-state index in [0.717, 1.165) is 23.2 Å². The minimum atomic E-state index is -0.251. The van der Waals surface area contributed by atoms with Crippen molar-refractivity contribution in [2.45, 2.75) is 31.8 Å². The van der Waals surface area contributed by atoms with Gasteiger partial charge < -0.3 is 14.9 Å². The van der Waals surface area contributed by atoms with E-state index in [-0.39, 0.29) is 36.3 Å². The first-order chi connectivity index (χ1) is 13.1. The van der Waals surface area contributed by atoms with Crippen LogP contribution in [0.5, 0.6) is 0 Å². The Morgan fingerprint density at radius 1 is 1.26 bits per heavy atom. The van der Waals surface area contributed by atoms with Crippen molar-refractivity contribution in [3.8, 4) is 11.1 Å². The van der Waals surface area contributed by atoms with Crippen LogP contribution in [0, 0.1) is 11.7 Å². The van der Waals surface area contributed by atoms with Crippen molar-refractivity contribution < 1.29 is 14.3 Å². The van der Waals surface area contributed by atoms with Gasteiger partial charge in [0.15, 0.2) is 0 Å². The van der Waals surface area contributed by atoms with Gasteiger partial charge >= 0.3 is 0 Å². The number of carbonyl (C=O) groups excluding carboxylic acids is 1. The van der Waals surface area contributed by atoms with Crippen LogP contribution in [0.1, 0.15) is 31.4 Å². The van der Waals surface area contributed by atoms with Crippen molar-refractivity contribution in [2.24, 2.45) is 5.92 Å². The summed E-state index contributed by atoms with van der Waals surface area (Å²) in [5, 5.41) is 9.99. The standard InChI is InChI=1S/C22H25FN2O2/c1-3-21(27)25-11-10-16-20(13-26)24(2)19-9-8-14(12-17(19)22(16)25)15-6-4-5-7-18(15)23/h4-9,12,16,20,22,26H,3,10-11,13H2,1-2H3/t16-,20+,22-/m1/s1. The van der Waals surface area contributed by atoms with Crippen molar-refractivity contribution >= 4 is 11.6 Å². The minimum Gasteiger partial charge on any atom is -0.394 e. The number of halogens is 1. The summed E-state index contributed by atoms with van der Waals surface area (Å²) < 4.78 is 14.3. The van der Waals surface area contributed by atoms with Gasteiger partial charge in [-0.05, 0) is 35.7 Å². The lowest BCUT2D eigenvalue weighted by molar-refractivity contribution is -0.132. The molecule has 0 spiro atoms. The lowest BCUT2D eigenvalue weighted by Crippen LogP contribution is -2.48. The fourth-order valence-corrected chi connectivity index (χ4v) is 4.80. The Balaban J connectivity index is 1.86. The van der Waals surface area contributed by atoms with Crippen LogP contribution in [0.2, 0.25) is 0 Å². The van der Waals surface area contributed by atoms with Crippen molar-refractivity contribution in [2.75, 3.05) is 25.1 Å². The normalized spacial score (nSPS) is 23.9. The van der Waals surface area contributed by atoms with Gasteiger partial charge in [-0.1, -0.05) is 31.2 Å². The highest BCUT2D eigenvalue weighted by Gasteiger charge is 2.47. The molecule has 1 amide bonds. The number of aliphatic hydroxyl groups is 1. The van der Waals surface area contributed by atoms with Gasteiger partial charge in [0.2, 0.25) is 5.91 Å². The summed E-state index contributed by atoms with van der Waals surface area (Å²) in [7, 11) is 1.99. The monoisotopic (exact) mass is 368 g/mol. The van der Waals surface area contributed by atoms with Gasteiger partial charge in [-0.15, -0.1) is 0 Å². The van der Waals surface area contributed by atoms with E-state index < -0.39 is 0 Å². The molecule has 0 bridgehead atoms. The highest BCUT2D eigenvalue weighted by atomic mass is 19.1. The number of amides is 1. The zero-order chi connectivity index (χ0) is 19.1. The van der Waals surface area contributed by atoms with Gasteiger partial charge in [0.1, 0.15) is 5.82 Å². The molecule has 2 aliphatic rings. The van der Waals surface area contributed by atoms with Crippen LogP contribution in [-0.4, -0.2) is 42.2 Å². The first-order valence-electron chi connectivity index (χ1n) is 9.58. The zero-order valence-corrected chi connectivity index (χ0v) is 15.7. The highest BCUT2D eigenvalue weighted by Crippen LogP contribution is 2.49. The summed E-state index contributed by atoms with van der Waals surface area (Å²) in [6.07, 6.45) is 1.33. The van der Waals surface area contributed by atoms with Crippen LogP contribution in [-0.2, 0) is 4.79 Å². The SMILES string of the molecule is CCC(=O)N1CC[C@H]2[C@@H]1c1cc(-c3ccccc3F)ccc1N(C)[C@H]2CO. The summed E-state index contributed by atoms with van der Waals surface area (Å²) in [5.74, 6) is 0.0594. The molecule has 2 aliphatic heterocycles. The van der Waals surface area contributed by atoms with Crippen molar-refractivity contribution in [1.29, 1.82) is 0 Å². The molecule has 1 saturated heterocycles. The van der Waals surface area contributed by atoms with Crippen LogP contribution in [0.15, 0.2) is 42.5 Å². The number of fused-ring (bicyclic) bond motifs is 3. The molecule has 3 atom stereocenters. The van der Waals surface area contributed by atoms with E-state index in [4.69, 9.17) is 0 Å². The van der Waals surface area contributed by atoms with Crippen molar-refractivity contribution in [3.05, 3.63) is 53.8 Å². The Labute approximate surface area is 159 Å². The third-order valence-electron chi connectivity index (χ3n) is 6.16. The number of rotatable bonds is 3. The fourth-order valence-electron chi connectivity index (χ4n) is 4.80. The Hall–Kier alpha value is -2.40. The number of likely N-dealkylation sites (N-methyl/N-ethyl adjacent to an activating group) is 1. The molecule has 2 aromatic carbocycles. The van der Waals surface area contributed by atoms with Crippen LogP contribution in [0.4, 0.5) is 10.1 Å². The van der Waals surface area contributed by atoms with Crippen molar-refractivity contribution in [1.82, 2.24) is 4.90 Å². The molecule has 1 N–H and O–H groups in total. The number of hydrogen-bond acceptors (Lipinski definition) is 3. The van der Waals surface area contributed by atoms with Crippen LogP contribution in [0.3, 0.4) is 0 Å². The van der Waals surface area contributed by atoms with Gasteiger partial charge in [0.25, 0.3) is 0 Å². The second-order valence-corrected chi connectivity index (χ2v) is 7.45. The first kappa shape index (κ1) is 18.0. The Morgan fingerprint density at radius 3 is 2.74 bits per heavy atom. The number of carbonyl (C=O) groups is 1. The predicted molar refractivity (Wildman–Crippen MR) is 104 cm³/mol. The summed E-state index contributed by atoms with van der Waals surface area (Å²) >= 11 is 0. The first-order valence-corrected chi connectivity index (χ1v) is 9.58. The molecule has 2 aromatic rings. The Morgan fingerprint density at radius 2 is 2.04 bits per heavy atom. The van der Waals surface area contributed by atoms with Crippen LogP contribution >= 0.6 is 0 Å². The van der Waals surface area contributed by atoms with Gasteiger partial charge in [0.05, 0.1) is 18.7 Å². The molecule has 2 heterocycles. The van der Waals surface area contributed by atoms with E-state index in [2.05, 4.69) is 4.90 Å². The van der Waals surface area contributed by atoms with E-state index >= 15 is 0 Å². The average molecular weight is 368 g/mol. The lowest BCUT2D eigenvalue weighted by atomic mass is 9.81. The molecule has 4 nitrogen and oxygen atoms in total. The highest BCUT2D eigenvalue weighted by molar-refractivity contribution is 5.78. The Kier molecular flexibility index (Phi) is 4.64. The van der Waals surface area contributed by atoms with E-state index in [1.165, 1.54) is 6.07 Å². The smallest absolute Gasteiger partial charge is 0.222 e. The Bertz CT molecular complexity index is 869. The molecule has 27 heavy (non-hydrogen) atoms. The molecule has 0 unspecified atom stereocenters. The predicted octanol–water partition coefficient (Wildman–Crippen LogP) is 3.60. The van der Waals surface area contributed by atoms with E-state index in [1.807, 2.05) is 43.1 Å². The van der Waals surface area contributed by atoms with Gasteiger partial charge in [-0.2, -0.15) is 0 Å². The second kappa shape index (κ2) is 6.97. The summed E-state index contributed by atoms with van der Waals surface area (Å²) in [4.78, 5) is 16.6. The quantitative estimate of drug-likeness (QED) is 0.900. The molecule has 0 aliphatic carbocycles. The van der Waals surface area contributed by atoms with Gasteiger partial charge in [0, 0.05) is 37.2 Å². The molecular weight excluding hydrogens is 343 g/mol. The number of nitrogens with zero attached hydrogens (tertiary/aromatic N) is 2. The number of likely N-dealkylation sites (tertiary alicyclic amines) is 1. The maximum absolute atomic E-state index is 14.3. The summed E-state index contributed by atoms with van der Waals surface area (Å²) in [5.41, 5.74) is 3.44. The van der Waals surface area contributed by atoms with E-state index in [9.17, 15) is 14.3 Å². The fraction of sp³-hybridized carbons (Fsp3) is 0.409. The molecular formula is C22H25FN2O2. The van der Waals surface area contributed by atoms with E-state index in [0.29, 0.717) is 18.5 Å². The molecule has 0 saturated carbocycles. The number of benzene rings is 2.